The molecule has 1 aliphatic rings. The molecule has 2 aromatic rings. The van der Waals surface area contributed by atoms with Crippen LogP contribution in [0.3, 0.4) is 0 Å². The number of aryl methyl sites for hydroxylation is 1. The van der Waals surface area contributed by atoms with Crippen LogP contribution in [-0.2, 0) is 0 Å². The smallest absolute Gasteiger partial charge is 0.105 e. The van der Waals surface area contributed by atoms with Crippen LogP contribution in [0, 0.1) is 6.92 Å². The van der Waals surface area contributed by atoms with Crippen LogP contribution < -0.4 is 0 Å². The first-order valence-electron chi connectivity index (χ1n) is 6.56. The fourth-order valence-electron chi connectivity index (χ4n) is 2.52. The van der Waals surface area contributed by atoms with Crippen LogP contribution in [0.2, 0.25) is 0 Å². The topological polar surface area (TPSA) is 20.2 Å². The average Bonchev–Trinajstić information content (AvgIpc) is 2.73. The lowest BCUT2D eigenvalue weighted by Crippen LogP contribution is -2.09. The molecule has 0 aliphatic heterocycles. The quantitative estimate of drug-likeness (QED) is 0.864. The molecule has 1 fully saturated rings. The van der Waals surface area contributed by atoms with Gasteiger partial charge in [-0.2, -0.15) is 11.3 Å². The van der Waals surface area contributed by atoms with Crippen LogP contribution >= 0.6 is 11.3 Å². The number of aliphatic hydroxyl groups excluding tert-OH is 1. The third kappa shape index (κ3) is 2.11. The summed E-state index contributed by atoms with van der Waals surface area (Å²) in [7, 11) is 0. The highest BCUT2D eigenvalue weighted by Gasteiger charge is 2.20. The van der Waals surface area contributed by atoms with E-state index in [0.29, 0.717) is 0 Å². The van der Waals surface area contributed by atoms with Crippen molar-refractivity contribution in [3.8, 4) is 0 Å². The Kier molecular flexibility index (Phi) is 3.23. The van der Waals surface area contributed by atoms with E-state index in [0.717, 1.165) is 17.0 Å². The summed E-state index contributed by atoms with van der Waals surface area (Å²) in [6.45, 7) is 2.05. The normalized spacial score (nSPS) is 17.4. The summed E-state index contributed by atoms with van der Waals surface area (Å²) in [6, 6.07) is 8.53. The Labute approximate surface area is 112 Å². The summed E-state index contributed by atoms with van der Waals surface area (Å²) in [5.41, 5.74) is 4.64. The first-order chi connectivity index (χ1) is 8.75. The first-order valence-corrected chi connectivity index (χ1v) is 7.50. The van der Waals surface area contributed by atoms with E-state index < -0.39 is 6.10 Å². The summed E-state index contributed by atoms with van der Waals surface area (Å²) < 4.78 is 0. The maximum atomic E-state index is 10.4. The van der Waals surface area contributed by atoms with Gasteiger partial charge in [-0.1, -0.05) is 30.7 Å². The van der Waals surface area contributed by atoms with Gasteiger partial charge in [0.25, 0.3) is 0 Å². The molecule has 3 rings (SSSR count). The van der Waals surface area contributed by atoms with Gasteiger partial charge in [-0.25, -0.2) is 0 Å². The van der Waals surface area contributed by atoms with Gasteiger partial charge in [-0.05, 0) is 58.7 Å². The lowest BCUT2D eigenvalue weighted by molar-refractivity contribution is 0.220. The monoisotopic (exact) mass is 258 g/mol. The molecule has 1 N–H and O–H groups in total. The minimum absolute atomic E-state index is 0.480. The van der Waals surface area contributed by atoms with Crippen LogP contribution in [0.15, 0.2) is 35.0 Å². The van der Waals surface area contributed by atoms with Crippen molar-refractivity contribution in [2.45, 2.75) is 38.2 Å². The van der Waals surface area contributed by atoms with Gasteiger partial charge >= 0.3 is 0 Å². The largest absolute Gasteiger partial charge is 0.384 e. The number of benzene rings is 1. The zero-order valence-electron chi connectivity index (χ0n) is 10.6. The lowest BCUT2D eigenvalue weighted by atomic mass is 9.80. The van der Waals surface area contributed by atoms with Gasteiger partial charge in [0.05, 0.1) is 0 Å². The molecular formula is C16H18OS. The van der Waals surface area contributed by atoms with Crippen molar-refractivity contribution in [3.63, 3.8) is 0 Å². The fourth-order valence-corrected chi connectivity index (χ4v) is 3.39. The molecular weight excluding hydrogens is 240 g/mol. The second-order valence-corrected chi connectivity index (χ2v) is 5.95. The molecule has 1 atom stereocenters. The Morgan fingerprint density at radius 2 is 1.89 bits per heavy atom. The Balaban J connectivity index is 1.82. The number of aliphatic hydroxyl groups is 1. The van der Waals surface area contributed by atoms with Gasteiger partial charge in [0.1, 0.15) is 6.10 Å². The highest BCUT2D eigenvalue weighted by molar-refractivity contribution is 7.08. The van der Waals surface area contributed by atoms with E-state index in [1.54, 1.807) is 11.3 Å². The second kappa shape index (κ2) is 4.87. The van der Waals surface area contributed by atoms with Gasteiger partial charge in [0, 0.05) is 0 Å². The van der Waals surface area contributed by atoms with Crippen LogP contribution in [0.4, 0.5) is 0 Å². The molecule has 18 heavy (non-hydrogen) atoms. The van der Waals surface area contributed by atoms with Crippen molar-refractivity contribution in [3.05, 3.63) is 57.3 Å². The number of rotatable bonds is 3. The van der Waals surface area contributed by atoms with E-state index in [1.165, 1.54) is 30.4 Å². The summed E-state index contributed by atoms with van der Waals surface area (Å²) in [5, 5.41) is 14.5. The summed E-state index contributed by atoms with van der Waals surface area (Å²) in [4.78, 5) is 0. The van der Waals surface area contributed by atoms with E-state index >= 15 is 0 Å². The van der Waals surface area contributed by atoms with Crippen LogP contribution in [-0.4, -0.2) is 5.11 Å². The molecule has 94 valence electrons. The first kappa shape index (κ1) is 11.9. The van der Waals surface area contributed by atoms with Crippen LogP contribution in [0.25, 0.3) is 0 Å². The summed E-state index contributed by atoms with van der Waals surface area (Å²) in [5.74, 6) is 0.763. The molecule has 0 bridgehead atoms. The minimum Gasteiger partial charge on any atom is -0.384 e. The minimum atomic E-state index is -0.480. The molecule has 1 saturated carbocycles. The average molecular weight is 258 g/mol. The maximum absolute atomic E-state index is 10.4. The van der Waals surface area contributed by atoms with Gasteiger partial charge in [-0.15, -0.1) is 0 Å². The Morgan fingerprint density at radius 3 is 2.39 bits per heavy atom. The van der Waals surface area contributed by atoms with Gasteiger partial charge in [0.2, 0.25) is 0 Å². The Morgan fingerprint density at radius 1 is 1.17 bits per heavy atom. The SMILES string of the molecule is Cc1cscc1C(O)c1ccc(C2CCC2)cc1. The standard InChI is InChI=1S/C16H18OS/c1-11-9-18-10-15(11)16(17)14-7-5-13(6-8-14)12-3-2-4-12/h5-10,12,16-17H,2-4H2,1H3. The molecule has 1 aromatic heterocycles. The van der Waals surface area contributed by atoms with Crippen molar-refractivity contribution in [2.75, 3.05) is 0 Å². The molecule has 1 nitrogen and oxygen atoms in total. The van der Waals surface area contributed by atoms with E-state index in [1.807, 2.05) is 5.38 Å². The van der Waals surface area contributed by atoms with Crippen molar-refractivity contribution in [1.82, 2.24) is 0 Å². The predicted octanol–water partition coefficient (Wildman–Crippen LogP) is 4.41. The van der Waals surface area contributed by atoms with E-state index in [2.05, 4.69) is 36.6 Å². The fraction of sp³-hybridized carbons (Fsp3) is 0.375. The molecule has 1 heterocycles. The second-order valence-electron chi connectivity index (χ2n) is 5.21. The predicted molar refractivity (Wildman–Crippen MR) is 76.2 cm³/mol. The van der Waals surface area contributed by atoms with Crippen LogP contribution in [0.1, 0.15) is 53.5 Å². The molecule has 0 amide bonds. The van der Waals surface area contributed by atoms with Gasteiger partial charge in [0.15, 0.2) is 0 Å². The third-order valence-corrected chi connectivity index (χ3v) is 4.90. The molecule has 1 aliphatic carbocycles. The van der Waals surface area contributed by atoms with Crippen LogP contribution in [0.5, 0.6) is 0 Å². The molecule has 0 saturated heterocycles. The Hall–Kier alpha value is -1.12. The van der Waals surface area contributed by atoms with Gasteiger partial charge in [-0.3, -0.25) is 0 Å². The number of hydrogen-bond donors (Lipinski definition) is 1. The Bertz CT molecular complexity index is 522. The zero-order valence-corrected chi connectivity index (χ0v) is 11.4. The van der Waals surface area contributed by atoms with Crippen molar-refractivity contribution >= 4 is 11.3 Å². The lowest BCUT2D eigenvalue weighted by Gasteiger charge is -2.26. The van der Waals surface area contributed by atoms with E-state index in [-0.39, 0.29) is 0 Å². The zero-order chi connectivity index (χ0) is 12.5. The maximum Gasteiger partial charge on any atom is 0.105 e. The summed E-state index contributed by atoms with van der Waals surface area (Å²) in [6.07, 6.45) is 3.53. The highest BCUT2D eigenvalue weighted by Crippen LogP contribution is 2.37. The molecule has 2 heteroatoms. The van der Waals surface area contributed by atoms with Gasteiger partial charge < -0.3 is 5.11 Å². The van der Waals surface area contributed by atoms with E-state index in [9.17, 15) is 5.11 Å². The third-order valence-electron chi connectivity index (χ3n) is 4.02. The number of thiophene rings is 1. The van der Waals surface area contributed by atoms with Crippen molar-refractivity contribution in [2.24, 2.45) is 0 Å². The van der Waals surface area contributed by atoms with Crippen molar-refractivity contribution < 1.29 is 5.11 Å². The highest BCUT2D eigenvalue weighted by atomic mass is 32.1. The van der Waals surface area contributed by atoms with Crippen molar-refractivity contribution in [1.29, 1.82) is 0 Å². The molecule has 0 spiro atoms. The molecule has 0 radical (unpaired) electrons. The molecule has 1 aromatic carbocycles. The molecule has 1 unspecified atom stereocenters. The number of hydrogen-bond acceptors (Lipinski definition) is 2. The summed E-state index contributed by atoms with van der Waals surface area (Å²) >= 11 is 1.65. The van der Waals surface area contributed by atoms with E-state index in [4.69, 9.17) is 0 Å².